The molecule has 9 nitrogen and oxygen atoms in total. The van der Waals surface area contributed by atoms with Gasteiger partial charge in [0.15, 0.2) is 23.2 Å². The van der Waals surface area contributed by atoms with Crippen LogP contribution < -0.4 is 4.90 Å². The van der Waals surface area contributed by atoms with Gasteiger partial charge in [0.05, 0.1) is 12.9 Å². The molecule has 6 rings (SSSR count). The fraction of sp³-hybridized carbons (Fsp3) is 0.381. The number of hydrogen-bond donors (Lipinski definition) is 3. The maximum atomic E-state index is 13.9. The first kappa shape index (κ1) is 20.0. The van der Waals surface area contributed by atoms with Crippen LogP contribution in [0.5, 0.6) is 0 Å². The van der Waals surface area contributed by atoms with Crippen LogP contribution in [0.25, 0.3) is 17.2 Å². The largest absolute Gasteiger partial charge is 0.394 e. The van der Waals surface area contributed by atoms with E-state index in [9.17, 15) is 19.7 Å². The van der Waals surface area contributed by atoms with Crippen molar-refractivity contribution in [2.75, 3.05) is 24.6 Å². The zero-order valence-corrected chi connectivity index (χ0v) is 17.4. The van der Waals surface area contributed by atoms with Crippen molar-refractivity contribution in [3.8, 4) is 0 Å². The maximum absolute atomic E-state index is 13.9. The fourth-order valence-electron chi connectivity index (χ4n) is 4.90. The molecule has 0 bridgehead atoms. The Balaban J connectivity index is 1.34. The molecule has 0 amide bonds. The van der Waals surface area contributed by atoms with Gasteiger partial charge >= 0.3 is 0 Å². The van der Waals surface area contributed by atoms with Gasteiger partial charge in [-0.2, -0.15) is 9.97 Å². The maximum Gasteiger partial charge on any atom is 0.226 e. The summed E-state index contributed by atoms with van der Waals surface area (Å²) in [7, 11) is 0. The summed E-state index contributed by atoms with van der Waals surface area (Å²) in [6.07, 6.45) is 1.11. The first-order chi connectivity index (χ1) is 15.4. The predicted octanol–water partition coefficient (Wildman–Crippen LogP) is 1.02. The van der Waals surface area contributed by atoms with Crippen molar-refractivity contribution >= 4 is 34.7 Å². The Bertz CT molecular complexity index is 1260. The second-order valence-electron chi connectivity index (χ2n) is 8.45. The first-order valence-electron chi connectivity index (χ1n) is 10.2. The van der Waals surface area contributed by atoms with Gasteiger partial charge in [-0.3, -0.25) is 4.57 Å². The molecular weight excluding hydrogens is 441 g/mol. The molecule has 0 saturated carbocycles. The number of fused-ring (bicyclic) bond motifs is 3. The summed E-state index contributed by atoms with van der Waals surface area (Å²) in [6.45, 7) is 0.708. The van der Waals surface area contributed by atoms with Crippen LogP contribution in [-0.4, -0.2) is 72.8 Å². The summed E-state index contributed by atoms with van der Waals surface area (Å²) in [5.74, 6) is 0.254. The van der Waals surface area contributed by atoms with Crippen LogP contribution in [0.4, 0.5) is 10.2 Å². The van der Waals surface area contributed by atoms with Crippen molar-refractivity contribution in [3.05, 3.63) is 52.8 Å². The number of ether oxygens (including phenoxy) is 1. The average Bonchev–Trinajstić information content (AvgIpc) is 3.41. The molecule has 11 heteroatoms. The minimum atomic E-state index is -1.27. The minimum absolute atomic E-state index is 0.00430. The third-order valence-corrected chi connectivity index (χ3v) is 6.72. The van der Waals surface area contributed by atoms with Gasteiger partial charge in [-0.1, -0.05) is 18.2 Å². The molecule has 2 aromatic heterocycles. The SMILES string of the molecule is OC[C@H]1O[C@@H](n2cnc3c(N4CC5(C=Cc6ccc(F)cc65)C4)nc(Cl)nc32)[C@H](O)[C@@H]1O. The normalized spacial score (nSPS) is 28.0. The third kappa shape index (κ3) is 2.74. The van der Waals surface area contributed by atoms with Crippen LogP contribution >= 0.6 is 11.6 Å². The topological polar surface area (TPSA) is 117 Å². The van der Waals surface area contributed by atoms with E-state index in [1.807, 2.05) is 11.0 Å². The van der Waals surface area contributed by atoms with Gasteiger partial charge in [-0.25, -0.2) is 9.37 Å². The van der Waals surface area contributed by atoms with E-state index in [0.29, 0.717) is 30.1 Å². The number of rotatable bonds is 3. The van der Waals surface area contributed by atoms with Crippen LogP contribution in [0, 0.1) is 5.82 Å². The number of hydrogen-bond acceptors (Lipinski definition) is 8. The molecule has 2 aliphatic heterocycles. The Labute approximate surface area is 186 Å². The number of imidazole rings is 1. The molecule has 3 aliphatic rings. The fourth-order valence-corrected chi connectivity index (χ4v) is 5.06. The van der Waals surface area contributed by atoms with E-state index in [1.54, 1.807) is 12.1 Å². The Morgan fingerprint density at radius 1 is 1.22 bits per heavy atom. The quantitative estimate of drug-likeness (QED) is 0.497. The Morgan fingerprint density at radius 2 is 2.03 bits per heavy atom. The molecule has 32 heavy (non-hydrogen) atoms. The van der Waals surface area contributed by atoms with E-state index >= 15 is 0 Å². The molecule has 3 aromatic rings. The lowest BCUT2D eigenvalue weighted by molar-refractivity contribution is -0.0511. The average molecular weight is 460 g/mol. The molecule has 3 N–H and O–H groups in total. The Kier molecular flexibility index (Phi) is 4.33. The molecule has 2 fully saturated rings. The number of benzene rings is 1. The number of anilines is 1. The van der Waals surface area contributed by atoms with E-state index in [4.69, 9.17) is 16.3 Å². The lowest BCUT2D eigenvalue weighted by atomic mass is 9.75. The third-order valence-electron chi connectivity index (χ3n) is 6.55. The van der Waals surface area contributed by atoms with Crippen LogP contribution in [0.1, 0.15) is 17.4 Å². The summed E-state index contributed by atoms with van der Waals surface area (Å²) < 4.78 is 20.9. The van der Waals surface area contributed by atoms with Crippen LogP contribution in [0.3, 0.4) is 0 Å². The van der Waals surface area contributed by atoms with Gasteiger partial charge in [0.2, 0.25) is 5.28 Å². The van der Waals surface area contributed by atoms with Crippen molar-refractivity contribution in [3.63, 3.8) is 0 Å². The van der Waals surface area contributed by atoms with Crippen molar-refractivity contribution < 1.29 is 24.4 Å². The van der Waals surface area contributed by atoms with Gasteiger partial charge in [0.1, 0.15) is 24.1 Å². The van der Waals surface area contributed by atoms with Crippen molar-refractivity contribution in [1.29, 1.82) is 0 Å². The zero-order valence-electron chi connectivity index (χ0n) is 16.6. The number of aromatic nitrogens is 4. The molecule has 1 aromatic carbocycles. The molecule has 2 saturated heterocycles. The highest BCUT2D eigenvalue weighted by Crippen LogP contribution is 2.45. The smallest absolute Gasteiger partial charge is 0.226 e. The molecule has 1 spiro atoms. The molecular formula is C21H19ClFN5O4. The number of nitrogens with zero attached hydrogens (tertiary/aromatic N) is 5. The van der Waals surface area contributed by atoms with E-state index in [0.717, 1.165) is 11.1 Å². The van der Waals surface area contributed by atoms with Crippen molar-refractivity contribution in [2.45, 2.75) is 30.0 Å². The molecule has 1 aliphatic carbocycles. The van der Waals surface area contributed by atoms with Crippen molar-refractivity contribution in [1.82, 2.24) is 19.5 Å². The van der Waals surface area contributed by atoms with Crippen LogP contribution in [0.2, 0.25) is 5.28 Å². The van der Waals surface area contributed by atoms with E-state index in [1.165, 1.54) is 17.0 Å². The van der Waals surface area contributed by atoms with Gasteiger partial charge in [0.25, 0.3) is 0 Å². The van der Waals surface area contributed by atoms with Gasteiger partial charge < -0.3 is 25.0 Å². The first-order valence-corrected chi connectivity index (χ1v) is 10.5. The highest BCUT2D eigenvalue weighted by Gasteiger charge is 2.48. The van der Waals surface area contributed by atoms with Crippen LogP contribution in [0.15, 0.2) is 30.6 Å². The molecule has 166 valence electrons. The summed E-state index contributed by atoms with van der Waals surface area (Å²) in [4.78, 5) is 15.0. The summed E-state index contributed by atoms with van der Waals surface area (Å²) >= 11 is 6.21. The highest BCUT2D eigenvalue weighted by atomic mass is 35.5. The van der Waals surface area contributed by atoms with E-state index in [2.05, 4.69) is 21.0 Å². The number of aliphatic hydroxyl groups excluding tert-OH is 3. The van der Waals surface area contributed by atoms with Gasteiger partial charge in [-0.05, 0) is 34.9 Å². The van der Waals surface area contributed by atoms with E-state index < -0.39 is 31.1 Å². The molecule has 4 heterocycles. The van der Waals surface area contributed by atoms with Gasteiger partial charge in [0, 0.05) is 18.5 Å². The zero-order chi connectivity index (χ0) is 22.2. The van der Waals surface area contributed by atoms with E-state index in [-0.39, 0.29) is 16.5 Å². The number of aliphatic hydroxyl groups is 3. The minimum Gasteiger partial charge on any atom is -0.394 e. The summed E-state index contributed by atoms with van der Waals surface area (Å²) in [5.41, 5.74) is 2.45. The lowest BCUT2D eigenvalue weighted by Gasteiger charge is -2.48. The predicted molar refractivity (Wildman–Crippen MR) is 113 cm³/mol. The second kappa shape index (κ2) is 6.93. The Hall–Kier alpha value is -2.63. The molecule has 0 unspecified atom stereocenters. The second-order valence-corrected chi connectivity index (χ2v) is 8.78. The molecule has 0 radical (unpaired) electrons. The van der Waals surface area contributed by atoms with Crippen molar-refractivity contribution in [2.24, 2.45) is 0 Å². The monoisotopic (exact) mass is 459 g/mol. The lowest BCUT2D eigenvalue weighted by Crippen LogP contribution is -2.58. The van der Waals surface area contributed by atoms with Crippen LogP contribution in [-0.2, 0) is 10.2 Å². The van der Waals surface area contributed by atoms with Gasteiger partial charge in [-0.15, -0.1) is 0 Å². The Morgan fingerprint density at radius 3 is 2.78 bits per heavy atom. The summed E-state index contributed by atoms with van der Waals surface area (Å²) in [6, 6.07) is 4.81. The highest BCUT2D eigenvalue weighted by molar-refractivity contribution is 6.28. The number of halogens is 2. The molecule has 4 atom stereocenters. The standard InChI is InChI=1S/C21H19ClFN5O4/c22-20-25-17(27-7-21(8-27)4-3-10-1-2-11(23)5-12(10)21)14-18(26-20)28(9-24-14)19-16(31)15(30)13(6-29)32-19/h1-5,9,13,15-16,19,29-31H,6-8H2/t13-,15-,16-,19-/m1/s1. The summed E-state index contributed by atoms with van der Waals surface area (Å²) in [5, 5.41) is 29.8.